The monoisotopic (exact) mass is 247 g/mol. The topological polar surface area (TPSA) is 55.5 Å². The second-order valence-corrected chi connectivity index (χ2v) is 4.20. The normalized spacial score (nSPS) is 27.9. The maximum absolute atomic E-state index is 12.0. The average Bonchev–Trinajstić information content (AvgIpc) is 2.89. The summed E-state index contributed by atoms with van der Waals surface area (Å²) in [6.45, 7) is -0.0686. The predicted octanol–water partition coefficient (Wildman–Crippen LogP) is 1.75. The Kier molecular flexibility index (Phi) is 2.79. The van der Waals surface area contributed by atoms with Crippen LogP contribution in [0.4, 0.5) is 13.2 Å². The quantitative estimate of drug-likeness (QED) is 0.855. The summed E-state index contributed by atoms with van der Waals surface area (Å²) in [4.78, 5) is 0. The van der Waals surface area contributed by atoms with Crippen LogP contribution < -0.4 is 10.5 Å². The lowest BCUT2D eigenvalue weighted by molar-refractivity contribution is -0.274. The Labute approximate surface area is 96.0 Å². The van der Waals surface area contributed by atoms with Gasteiger partial charge in [0.05, 0.1) is 0 Å². The number of ether oxygens (including phenoxy) is 1. The fourth-order valence-electron chi connectivity index (χ4n) is 1.91. The molecule has 3 nitrogen and oxygen atoms in total. The van der Waals surface area contributed by atoms with E-state index in [0.717, 1.165) is 0 Å². The number of aliphatic hydroxyl groups excluding tert-OH is 1. The lowest BCUT2D eigenvalue weighted by Gasteiger charge is -2.14. The average molecular weight is 247 g/mol. The van der Waals surface area contributed by atoms with Gasteiger partial charge in [0, 0.05) is 18.1 Å². The molecule has 3 N–H and O–H groups in total. The molecule has 2 atom stereocenters. The lowest BCUT2D eigenvalue weighted by Crippen LogP contribution is -2.24. The van der Waals surface area contributed by atoms with Crippen molar-refractivity contribution >= 4 is 0 Å². The first-order valence-electron chi connectivity index (χ1n) is 5.11. The van der Waals surface area contributed by atoms with Crippen LogP contribution in [0.2, 0.25) is 0 Å². The fraction of sp³-hybridized carbons (Fsp3) is 0.455. The maximum Gasteiger partial charge on any atom is 0.573 e. The molecule has 0 heterocycles. The summed E-state index contributed by atoms with van der Waals surface area (Å²) < 4.78 is 39.9. The summed E-state index contributed by atoms with van der Waals surface area (Å²) in [5.74, 6) is -0.382. The van der Waals surface area contributed by atoms with Crippen LogP contribution >= 0.6 is 0 Å². The van der Waals surface area contributed by atoms with Crippen LogP contribution in [-0.4, -0.2) is 18.1 Å². The highest BCUT2D eigenvalue weighted by Crippen LogP contribution is 2.49. The number of hydrogen-bond donors (Lipinski definition) is 2. The molecule has 1 aliphatic carbocycles. The second-order valence-electron chi connectivity index (χ2n) is 4.20. The van der Waals surface area contributed by atoms with E-state index in [1.54, 1.807) is 6.07 Å². The molecule has 1 aromatic carbocycles. The maximum atomic E-state index is 12.0. The molecule has 17 heavy (non-hydrogen) atoms. The Morgan fingerprint density at radius 1 is 1.47 bits per heavy atom. The van der Waals surface area contributed by atoms with Gasteiger partial charge in [-0.05, 0) is 24.1 Å². The Morgan fingerprint density at radius 2 is 2.18 bits per heavy atom. The molecule has 0 saturated heterocycles. The van der Waals surface area contributed by atoms with Crippen LogP contribution in [0.1, 0.15) is 12.0 Å². The molecule has 94 valence electrons. The van der Waals surface area contributed by atoms with E-state index in [1.165, 1.54) is 18.2 Å². The highest BCUT2D eigenvalue weighted by Gasteiger charge is 2.51. The Hall–Kier alpha value is -1.27. The van der Waals surface area contributed by atoms with Crippen molar-refractivity contribution in [2.75, 3.05) is 6.61 Å². The number of benzene rings is 1. The van der Waals surface area contributed by atoms with Gasteiger partial charge in [-0.15, -0.1) is 13.2 Å². The van der Waals surface area contributed by atoms with Crippen molar-refractivity contribution < 1.29 is 23.0 Å². The van der Waals surface area contributed by atoms with Crippen LogP contribution in [0, 0.1) is 5.92 Å². The van der Waals surface area contributed by atoms with E-state index in [9.17, 15) is 13.2 Å². The third-order valence-corrected chi connectivity index (χ3v) is 2.98. The first kappa shape index (κ1) is 12.2. The van der Waals surface area contributed by atoms with Gasteiger partial charge in [0.15, 0.2) is 0 Å². The molecule has 1 saturated carbocycles. The molecule has 6 heteroatoms. The summed E-state index contributed by atoms with van der Waals surface area (Å²) in [6.07, 6.45) is -4.14. The molecular weight excluding hydrogens is 235 g/mol. The zero-order valence-electron chi connectivity index (χ0n) is 8.87. The van der Waals surface area contributed by atoms with Gasteiger partial charge in [-0.25, -0.2) is 0 Å². The SMILES string of the molecule is NC1(c2cccc(OC(F)(F)F)c2)C[C@H]1CO. The minimum absolute atomic E-state index is 0.0686. The molecule has 0 spiro atoms. The summed E-state index contributed by atoms with van der Waals surface area (Å²) >= 11 is 0. The van der Waals surface area contributed by atoms with Crippen molar-refractivity contribution in [2.24, 2.45) is 11.7 Å². The molecule has 1 aromatic rings. The summed E-state index contributed by atoms with van der Waals surface area (Å²) in [7, 11) is 0. The van der Waals surface area contributed by atoms with E-state index in [1.807, 2.05) is 0 Å². The van der Waals surface area contributed by atoms with Crippen molar-refractivity contribution in [3.8, 4) is 5.75 Å². The van der Waals surface area contributed by atoms with Crippen LogP contribution in [0.3, 0.4) is 0 Å². The Balaban J connectivity index is 2.18. The molecule has 0 bridgehead atoms. The van der Waals surface area contributed by atoms with E-state index >= 15 is 0 Å². The van der Waals surface area contributed by atoms with Crippen LogP contribution in [0.25, 0.3) is 0 Å². The molecular formula is C11H12F3NO2. The third-order valence-electron chi connectivity index (χ3n) is 2.98. The molecule has 0 aliphatic heterocycles. The summed E-state index contributed by atoms with van der Waals surface area (Å²) in [6, 6.07) is 5.58. The van der Waals surface area contributed by atoms with Crippen molar-refractivity contribution in [1.82, 2.24) is 0 Å². The number of alkyl halides is 3. The largest absolute Gasteiger partial charge is 0.573 e. The fourth-order valence-corrected chi connectivity index (χ4v) is 1.91. The van der Waals surface area contributed by atoms with E-state index in [0.29, 0.717) is 12.0 Å². The molecule has 1 unspecified atom stereocenters. The number of aliphatic hydroxyl groups is 1. The van der Waals surface area contributed by atoms with Gasteiger partial charge in [0.2, 0.25) is 0 Å². The van der Waals surface area contributed by atoms with Gasteiger partial charge < -0.3 is 15.6 Å². The second kappa shape index (κ2) is 3.89. The smallest absolute Gasteiger partial charge is 0.406 e. The van der Waals surface area contributed by atoms with Crippen LogP contribution in [0.15, 0.2) is 24.3 Å². The van der Waals surface area contributed by atoms with Gasteiger partial charge in [0.1, 0.15) is 5.75 Å². The van der Waals surface area contributed by atoms with Gasteiger partial charge >= 0.3 is 6.36 Å². The molecule has 1 aliphatic rings. The Bertz CT molecular complexity index is 421. The van der Waals surface area contributed by atoms with E-state index in [4.69, 9.17) is 10.8 Å². The van der Waals surface area contributed by atoms with Crippen molar-refractivity contribution in [3.05, 3.63) is 29.8 Å². The minimum atomic E-state index is -4.71. The minimum Gasteiger partial charge on any atom is -0.406 e. The van der Waals surface area contributed by atoms with Crippen LogP contribution in [-0.2, 0) is 5.54 Å². The van der Waals surface area contributed by atoms with Crippen molar-refractivity contribution in [1.29, 1.82) is 0 Å². The van der Waals surface area contributed by atoms with Gasteiger partial charge in [-0.1, -0.05) is 12.1 Å². The van der Waals surface area contributed by atoms with E-state index in [2.05, 4.69) is 4.74 Å². The molecule has 0 amide bonds. The highest BCUT2D eigenvalue weighted by molar-refractivity contribution is 5.38. The molecule has 1 fully saturated rings. The number of hydrogen-bond acceptors (Lipinski definition) is 3. The zero-order valence-corrected chi connectivity index (χ0v) is 8.87. The third kappa shape index (κ3) is 2.53. The summed E-state index contributed by atoms with van der Waals surface area (Å²) in [5, 5.41) is 8.97. The molecule has 0 aromatic heterocycles. The molecule has 2 rings (SSSR count). The van der Waals surface area contributed by atoms with Crippen LogP contribution in [0.5, 0.6) is 5.75 Å². The van der Waals surface area contributed by atoms with Gasteiger partial charge in [-0.2, -0.15) is 0 Å². The molecule has 0 radical (unpaired) electrons. The Morgan fingerprint density at radius 3 is 2.71 bits per heavy atom. The first-order valence-corrected chi connectivity index (χ1v) is 5.11. The standard InChI is InChI=1S/C11H12F3NO2/c12-11(13,14)17-9-3-1-2-7(4-9)10(15)5-8(10)6-16/h1-4,8,16H,5-6,15H2/t8-,10?/m0/s1. The van der Waals surface area contributed by atoms with E-state index < -0.39 is 11.9 Å². The number of nitrogens with two attached hydrogens (primary N) is 1. The zero-order chi connectivity index (χ0) is 12.7. The number of rotatable bonds is 3. The summed E-state index contributed by atoms with van der Waals surface area (Å²) in [5.41, 5.74) is 5.79. The van der Waals surface area contributed by atoms with Gasteiger partial charge in [-0.3, -0.25) is 0 Å². The van der Waals surface area contributed by atoms with Crippen molar-refractivity contribution in [2.45, 2.75) is 18.3 Å². The number of halogens is 3. The van der Waals surface area contributed by atoms with E-state index in [-0.39, 0.29) is 18.3 Å². The lowest BCUT2D eigenvalue weighted by atomic mass is 10.0. The van der Waals surface area contributed by atoms with Crippen molar-refractivity contribution in [3.63, 3.8) is 0 Å². The predicted molar refractivity (Wildman–Crippen MR) is 54.2 cm³/mol. The highest BCUT2D eigenvalue weighted by atomic mass is 19.4. The van der Waals surface area contributed by atoms with Gasteiger partial charge in [0.25, 0.3) is 0 Å². The first-order chi connectivity index (χ1) is 7.85.